The van der Waals surface area contributed by atoms with Crippen LogP contribution in [0.5, 0.6) is 5.75 Å². The van der Waals surface area contributed by atoms with Gasteiger partial charge in [-0.25, -0.2) is 4.79 Å². The number of benzene rings is 2. The van der Waals surface area contributed by atoms with Gasteiger partial charge in [-0.15, -0.1) is 0 Å². The van der Waals surface area contributed by atoms with Crippen LogP contribution in [0.2, 0.25) is 0 Å². The van der Waals surface area contributed by atoms with Crippen LogP contribution in [0, 0.1) is 13.8 Å². The Kier molecular flexibility index (Phi) is 5.16. The smallest absolute Gasteiger partial charge is 0.338 e. The fourth-order valence-electron chi connectivity index (χ4n) is 2.43. The highest BCUT2D eigenvalue weighted by Gasteiger charge is 2.12. The van der Waals surface area contributed by atoms with Crippen molar-refractivity contribution in [3.8, 4) is 5.75 Å². The molecule has 2 rings (SSSR count). The number of aryl methyl sites for hydroxylation is 2. The maximum Gasteiger partial charge on any atom is 0.338 e. The summed E-state index contributed by atoms with van der Waals surface area (Å²) in [5.41, 5.74) is 3.76. The number of carbonyl (C=O) groups is 2. The van der Waals surface area contributed by atoms with Gasteiger partial charge in [0.25, 0.3) is 0 Å². The summed E-state index contributed by atoms with van der Waals surface area (Å²) in [5, 5.41) is 0. The van der Waals surface area contributed by atoms with E-state index in [0.717, 1.165) is 11.1 Å². The summed E-state index contributed by atoms with van der Waals surface area (Å²) in [4.78, 5) is 23.7. The maximum atomic E-state index is 12.2. The van der Waals surface area contributed by atoms with E-state index in [-0.39, 0.29) is 12.4 Å². The number of esters is 1. The Morgan fingerprint density at radius 2 is 1.61 bits per heavy atom. The molecule has 4 nitrogen and oxygen atoms in total. The lowest BCUT2D eigenvalue weighted by Gasteiger charge is -2.11. The summed E-state index contributed by atoms with van der Waals surface area (Å²) >= 11 is 0. The van der Waals surface area contributed by atoms with Gasteiger partial charge >= 0.3 is 5.97 Å². The molecule has 0 saturated carbocycles. The van der Waals surface area contributed by atoms with Gasteiger partial charge in [0.05, 0.1) is 12.7 Å². The second kappa shape index (κ2) is 7.09. The van der Waals surface area contributed by atoms with E-state index in [1.807, 2.05) is 19.9 Å². The number of ether oxygens (including phenoxy) is 2. The lowest BCUT2D eigenvalue weighted by Crippen LogP contribution is -2.07. The molecule has 4 heteroatoms. The molecule has 2 aromatic rings. The third-order valence-electron chi connectivity index (χ3n) is 3.50. The van der Waals surface area contributed by atoms with Crippen LogP contribution < -0.4 is 4.74 Å². The summed E-state index contributed by atoms with van der Waals surface area (Å²) in [7, 11) is 1.54. The highest BCUT2D eigenvalue weighted by atomic mass is 16.5. The molecule has 0 aromatic heterocycles. The van der Waals surface area contributed by atoms with Crippen LogP contribution in [0.25, 0.3) is 0 Å². The van der Waals surface area contributed by atoms with Crippen LogP contribution in [0.1, 0.15) is 44.3 Å². The van der Waals surface area contributed by atoms with E-state index < -0.39 is 5.97 Å². The van der Waals surface area contributed by atoms with Crippen LogP contribution >= 0.6 is 0 Å². The highest BCUT2D eigenvalue weighted by molar-refractivity contribution is 5.94. The second-order valence-corrected chi connectivity index (χ2v) is 5.54. The number of rotatable bonds is 5. The zero-order valence-electron chi connectivity index (χ0n) is 13.8. The summed E-state index contributed by atoms with van der Waals surface area (Å²) in [6.07, 6.45) is 0. The molecule has 0 bridgehead atoms. The SMILES string of the molecule is COc1ccc(C(C)=O)cc1COC(=O)c1cc(C)cc(C)c1. The van der Waals surface area contributed by atoms with E-state index in [1.165, 1.54) is 14.0 Å². The van der Waals surface area contributed by atoms with Gasteiger partial charge in [0, 0.05) is 11.1 Å². The number of ketones is 1. The summed E-state index contributed by atoms with van der Waals surface area (Å²) in [6.45, 7) is 5.41. The lowest BCUT2D eigenvalue weighted by molar-refractivity contribution is 0.0470. The molecule has 23 heavy (non-hydrogen) atoms. The molecule has 0 aliphatic carbocycles. The van der Waals surface area contributed by atoms with Crippen LogP contribution in [-0.2, 0) is 11.3 Å². The normalized spacial score (nSPS) is 10.3. The summed E-state index contributed by atoms with van der Waals surface area (Å²) in [5.74, 6) is 0.143. The molecule has 0 aliphatic heterocycles. The molecule has 120 valence electrons. The quantitative estimate of drug-likeness (QED) is 0.621. The second-order valence-electron chi connectivity index (χ2n) is 5.54. The van der Waals surface area contributed by atoms with Crippen molar-refractivity contribution in [2.24, 2.45) is 0 Å². The molecule has 0 aliphatic rings. The van der Waals surface area contributed by atoms with Crippen molar-refractivity contribution in [2.75, 3.05) is 7.11 Å². The van der Waals surface area contributed by atoms with E-state index in [4.69, 9.17) is 9.47 Å². The molecule has 0 fully saturated rings. The van der Waals surface area contributed by atoms with Gasteiger partial charge < -0.3 is 9.47 Å². The predicted molar refractivity (Wildman–Crippen MR) is 88.0 cm³/mol. The Hall–Kier alpha value is -2.62. The van der Waals surface area contributed by atoms with E-state index in [0.29, 0.717) is 22.4 Å². The Labute approximate surface area is 136 Å². The van der Waals surface area contributed by atoms with Crippen molar-refractivity contribution in [3.63, 3.8) is 0 Å². The third-order valence-corrected chi connectivity index (χ3v) is 3.50. The van der Waals surface area contributed by atoms with Gasteiger partial charge in [-0.2, -0.15) is 0 Å². The fourth-order valence-corrected chi connectivity index (χ4v) is 2.43. The van der Waals surface area contributed by atoms with Crippen LogP contribution in [-0.4, -0.2) is 18.9 Å². The number of methoxy groups -OCH3 is 1. The van der Waals surface area contributed by atoms with E-state index >= 15 is 0 Å². The molecule has 0 radical (unpaired) electrons. The zero-order chi connectivity index (χ0) is 17.0. The standard InChI is InChI=1S/C19H20O4/c1-12-7-13(2)9-16(8-12)19(21)23-11-17-10-15(14(3)20)5-6-18(17)22-4/h5-10H,11H2,1-4H3. The first kappa shape index (κ1) is 16.7. The van der Waals surface area contributed by atoms with Gasteiger partial charge in [-0.3, -0.25) is 4.79 Å². The Balaban J connectivity index is 2.17. The molecule has 2 aromatic carbocycles. The number of hydrogen-bond donors (Lipinski definition) is 0. The topological polar surface area (TPSA) is 52.6 Å². The molecule has 0 N–H and O–H groups in total. The van der Waals surface area contributed by atoms with Gasteiger partial charge in [0.15, 0.2) is 5.78 Å². The molecular weight excluding hydrogens is 292 g/mol. The van der Waals surface area contributed by atoms with Gasteiger partial charge in [-0.05, 0) is 51.1 Å². The van der Waals surface area contributed by atoms with E-state index in [1.54, 1.807) is 30.3 Å². The zero-order valence-corrected chi connectivity index (χ0v) is 13.8. The molecule has 0 saturated heterocycles. The van der Waals surface area contributed by atoms with Crippen molar-refractivity contribution in [1.29, 1.82) is 0 Å². The first-order valence-corrected chi connectivity index (χ1v) is 7.34. The third kappa shape index (κ3) is 4.19. The van der Waals surface area contributed by atoms with Crippen LogP contribution in [0.15, 0.2) is 36.4 Å². The van der Waals surface area contributed by atoms with Crippen LogP contribution in [0.3, 0.4) is 0 Å². The Morgan fingerprint density at radius 1 is 0.957 bits per heavy atom. The van der Waals surface area contributed by atoms with Crippen molar-refractivity contribution < 1.29 is 19.1 Å². The molecular formula is C19H20O4. The first-order valence-electron chi connectivity index (χ1n) is 7.34. The van der Waals surface area contributed by atoms with Crippen molar-refractivity contribution >= 4 is 11.8 Å². The van der Waals surface area contributed by atoms with Gasteiger partial charge in [0.2, 0.25) is 0 Å². The predicted octanol–water partition coefficient (Wildman–Crippen LogP) is 3.87. The van der Waals surface area contributed by atoms with E-state index in [2.05, 4.69) is 0 Å². The number of carbonyl (C=O) groups excluding carboxylic acids is 2. The molecule has 0 atom stereocenters. The number of Topliss-reactive ketones (excluding diaryl/α,β-unsaturated/α-hetero) is 1. The number of hydrogen-bond acceptors (Lipinski definition) is 4. The van der Waals surface area contributed by atoms with Crippen LogP contribution in [0.4, 0.5) is 0 Å². The first-order chi connectivity index (χ1) is 10.9. The minimum absolute atomic E-state index is 0.0467. The fraction of sp³-hybridized carbons (Fsp3) is 0.263. The Bertz CT molecular complexity index is 727. The average molecular weight is 312 g/mol. The molecule has 0 heterocycles. The summed E-state index contributed by atoms with van der Waals surface area (Å²) in [6, 6.07) is 10.7. The summed E-state index contributed by atoms with van der Waals surface area (Å²) < 4.78 is 10.6. The molecule has 0 unspecified atom stereocenters. The molecule has 0 amide bonds. The van der Waals surface area contributed by atoms with Crippen molar-refractivity contribution in [3.05, 3.63) is 64.2 Å². The monoisotopic (exact) mass is 312 g/mol. The Morgan fingerprint density at radius 3 is 2.17 bits per heavy atom. The lowest BCUT2D eigenvalue weighted by atomic mass is 10.1. The highest BCUT2D eigenvalue weighted by Crippen LogP contribution is 2.22. The van der Waals surface area contributed by atoms with Gasteiger partial charge in [0.1, 0.15) is 12.4 Å². The molecule has 0 spiro atoms. The minimum atomic E-state index is -0.396. The minimum Gasteiger partial charge on any atom is -0.496 e. The van der Waals surface area contributed by atoms with E-state index in [9.17, 15) is 9.59 Å². The largest absolute Gasteiger partial charge is 0.496 e. The van der Waals surface area contributed by atoms with Crippen molar-refractivity contribution in [2.45, 2.75) is 27.4 Å². The van der Waals surface area contributed by atoms with Crippen molar-refractivity contribution in [1.82, 2.24) is 0 Å². The average Bonchev–Trinajstić information content (AvgIpc) is 2.51. The van der Waals surface area contributed by atoms with Gasteiger partial charge in [-0.1, -0.05) is 17.2 Å². The maximum absolute atomic E-state index is 12.2.